The molecular weight excluding hydrogens is 489 g/mol. The number of hydrogen-bond donors (Lipinski definition) is 3. The first-order valence-corrected chi connectivity index (χ1v) is 12.9. The van der Waals surface area contributed by atoms with Crippen LogP contribution in [0.1, 0.15) is 28.8 Å². The average Bonchev–Trinajstić information content (AvgIpc) is 3.49. The molecular formula is C31H32FN7. The van der Waals surface area contributed by atoms with Gasteiger partial charge >= 0.3 is 0 Å². The quantitative estimate of drug-likeness (QED) is 0.202. The minimum Gasteiger partial charge on any atom is -0.397 e. The van der Waals surface area contributed by atoms with E-state index in [1.807, 2.05) is 51.4 Å². The fourth-order valence-corrected chi connectivity index (χ4v) is 4.82. The van der Waals surface area contributed by atoms with Gasteiger partial charge < -0.3 is 15.6 Å². The summed E-state index contributed by atoms with van der Waals surface area (Å²) in [5.74, 6) is -0.248. The Kier molecular flexibility index (Phi) is 7.38. The van der Waals surface area contributed by atoms with Gasteiger partial charge in [0.1, 0.15) is 17.0 Å². The molecule has 0 bridgehead atoms. The Balaban J connectivity index is 1.53. The van der Waals surface area contributed by atoms with Crippen LogP contribution in [0.15, 0.2) is 73.6 Å². The summed E-state index contributed by atoms with van der Waals surface area (Å²) >= 11 is 0. The van der Waals surface area contributed by atoms with Gasteiger partial charge in [0.15, 0.2) is 0 Å². The predicted molar refractivity (Wildman–Crippen MR) is 157 cm³/mol. The molecule has 39 heavy (non-hydrogen) atoms. The van der Waals surface area contributed by atoms with Gasteiger partial charge in [0.25, 0.3) is 0 Å². The van der Waals surface area contributed by atoms with Gasteiger partial charge in [-0.15, -0.1) is 0 Å². The summed E-state index contributed by atoms with van der Waals surface area (Å²) in [6.45, 7) is 6.86. The molecule has 0 atom stereocenters. The summed E-state index contributed by atoms with van der Waals surface area (Å²) in [7, 11) is 4.09. The number of pyridine rings is 2. The molecule has 8 heteroatoms. The average molecular weight is 522 g/mol. The van der Waals surface area contributed by atoms with Gasteiger partial charge in [-0.3, -0.25) is 10.1 Å². The Hall–Kier alpha value is -4.56. The summed E-state index contributed by atoms with van der Waals surface area (Å²) < 4.78 is 14.7. The van der Waals surface area contributed by atoms with Crippen LogP contribution in [0, 0.1) is 12.7 Å². The lowest BCUT2D eigenvalue weighted by molar-refractivity contribution is 0.400. The van der Waals surface area contributed by atoms with Crippen molar-refractivity contribution in [3.05, 3.63) is 102 Å². The van der Waals surface area contributed by atoms with Gasteiger partial charge in [-0.05, 0) is 93.5 Å². The number of rotatable bonds is 9. The molecule has 0 amide bonds. The smallest absolute Gasteiger partial charge is 0.135 e. The number of nitrogens with one attached hydrogen (secondary N) is 2. The van der Waals surface area contributed by atoms with E-state index < -0.39 is 0 Å². The van der Waals surface area contributed by atoms with Crippen LogP contribution in [0.3, 0.4) is 0 Å². The van der Waals surface area contributed by atoms with E-state index in [1.165, 1.54) is 0 Å². The lowest BCUT2D eigenvalue weighted by atomic mass is 9.94. The third-order valence-corrected chi connectivity index (χ3v) is 6.65. The molecule has 0 aliphatic carbocycles. The largest absolute Gasteiger partial charge is 0.397 e. The van der Waals surface area contributed by atoms with Crippen LogP contribution in [0.5, 0.6) is 0 Å². The summed E-state index contributed by atoms with van der Waals surface area (Å²) in [5, 5.41) is 7.64. The summed E-state index contributed by atoms with van der Waals surface area (Å²) in [5.41, 5.74) is 15.7. The highest BCUT2D eigenvalue weighted by atomic mass is 19.1. The third kappa shape index (κ3) is 5.66. The second kappa shape index (κ2) is 11.0. The van der Waals surface area contributed by atoms with Crippen molar-refractivity contribution in [2.24, 2.45) is 0 Å². The zero-order valence-electron chi connectivity index (χ0n) is 22.4. The first kappa shape index (κ1) is 26.1. The van der Waals surface area contributed by atoms with E-state index in [1.54, 1.807) is 30.6 Å². The van der Waals surface area contributed by atoms with Crippen LogP contribution < -0.4 is 5.73 Å². The number of aryl methyl sites for hydroxylation is 2. The van der Waals surface area contributed by atoms with Crippen molar-refractivity contribution in [2.75, 3.05) is 26.4 Å². The Bertz CT molecular complexity index is 1680. The number of benzene rings is 1. The first-order valence-electron chi connectivity index (χ1n) is 12.9. The van der Waals surface area contributed by atoms with Crippen LogP contribution in [0.4, 0.5) is 10.1 Å². The molecule has 0 saturated heterocycles. The van der Waals surface area contributed by atoms with Crippen molar-refractivity contribution in [1.82, 2.24) is 30.0 Å². The summed E-state index contributed by atoms with van der Waals surface area (Å²) in [6, 6.07) is 13.0. The number of halogens is 1. The zero-order chi connectivity index (χ0) is 27.5. The van der Waals surface area contributed by atoms with E-state index in [-0.39, 0.29) is 5.82 Å². The Morgan fingerprint density at radius 3 is 2.74 bits per heavy atom. The normalized spacial score (nSPS) is 12.0. The van der Waals surface area contributed by atoms with Crippen molar-refractivity contribution in [1.29, 1.82) is 0 Å². The van der Waals surface area contributed by atoms with Crippen molar-refractivity contribution in [3.63, 3.8) is 0 Å². The van der Waals surface area contributed by atoms with Gasteiger partial charge in [-0.2, -0.15) is 5.10 Å². The van der Waals surface area contributed by atoms with E-state index in [0.29, 0.717) is 11.4 Å². The van der Waals surface area contributed by atoms with E-state index in [4.69, 9.17) is 10.7 Å². The molecule has 5 aromatic rings. The number of aromatic amines is 2. The third-order valence-electron chi connectivity index (χ3n) is 6.65. The number of anilines is 1. The van der Waals surface area contributed by atoms with Crippen molar-refractivity contribution >= 4 is 22.3 Å². The Morgan fingerprint density at radius 1 is 1.13 bits per heavy atom. The van der Waals surface area contributed by atoms with Crippen LogP contribution >= 0.6 is 0 Å². The monoisotopic (exact) mass is 521 g/mol. The molecule has 4 heterocycles. The van der Waals surface area contributed by atoms with Gasteiger partial charge in [0.05, 0.1) is 22.6 Å². The number of hydrogen-bond acceptors (Lipinski definition) is 5. The second-order valence-electron chi connectivity index (χ2n) is 9.96. The molecule has 0 unspecified atom stereocenters. The molecule has 0 spiro atoms. The van der Waals surface area contributed by atoms with Gasteiger partial charge in [0, 0.05) is 29.2 Å². The summed E-state index contributed by atoms with van der Waals surface area (Å²) in [4.78, 5) is 14.7. The fraction of sp³-hybridized carbons (Fsp3) is 0.194. The second-order valence-corrected chi connectivity index (χ2v) is 9.96. The molecule has 0 fully saturated rings. The predicted octanol–water partition coefficient (Wildman–Crippen LogP) is 6.16. The molecule has 0 saturated carbocycles. The number of fused-ring (bicyclic) bond motifs is 1. The number of nitrogens with two attached hydrogens (primary N) is 1. The number of nitrogens with zero attached hydrogens (tertiary/aromatic N) is 4. The van der Waals surface area contributed by atoms with E-state index in [2.05, 4.69) is 37.7 Å². The van der Waals surface area contributed by atoms with Gasteiger partial charge in [-0.1, -0.05) is 24.8 Å². The molecule has 0 aliphatic rings. The molecule has 1 aromatic carbocycles. The summed E-state index contributed by atoms with van der Waals surface area (Å²) in [6.07, 6.45) is 8.75. The lowest BCUT2D eigenvalue weighted by Gasteiger charge is -2.12. The number of H-pyrrole nitrogens is 2. The van der Waals surface area contributed by atoms with Crippen molar-refractivity contribution in [3.8, 4) is 22.6 Å². The highest BCUT2D eigenvalue weighted by Gasteiger charge is 2.18. The minimum absolute atomic E-state index is 0.248. The van der Waals surface area contributed by atoms with Gasteiger partial charge in [-0.25, -0.2) is 9.37 Å². The van der Waals surface area contributed by atoms with Crippen molar-refractivity contribution in [2.45, 2.75) is 19.8 Å². The fourth-order valence-electron chi connectivity index (χ4n) is 4.82. The lowest BCUT2D eigenvalue weighted by Crippen LogP contribution is -2.13. The van der Waals surface area contributed by atoms with Crippen LogP contribution in [-0.4, -0.2) is 50.7 Å². The topological polar surface area (TPSA) is 99.5 Å². The molecule has 0 aliphatic heterocycles. The SMILES string of the molecule is C=C/C=C(/c1cc(F)cc(CCCN(C)C)c1)c1cc(-c2n[nH]c3ccc(-c4cncc(N)c4)nc23)[nH]c1C. The Labute approximate surface area is 227 Å². The maximum absolute atomic E-state index is 14.7. The van der Waals surface area contributed by atoms with E-state index in [0.717, 1.165) is 75.3 Å². The van der Waals surface area contributed by atoms with Crippen molar-refractivity contribution < 1.29 is 4.39 Å². The van der Waals surface area contributed by atoms with Crippen LogP contribution in [-0.2, 0) is 6.42 Å². The molecule has 7 nitrogen and oxygen atoms in total. The van der Waals surface area contributed by atoms with Crippen LogP contribution in [0.25, 0.3) is 39.3 Å². The Morgan fingerprint density at radius 2 is 1.97 bits per heavy atom. The van der Waals surface area contributed by atoms with E-state index >= 15 is 0 Å². The maximum atomic E-state index is 14.7. The number of allylic oxidation sites excluding steroid dienone is 2. The highest BCUT2D eigenvalue weighted by Crippen LogP contribution is 2.34. The molecule has 4 aromatic heterocycles. The van der Waals surface area contributed by atoms with Crippen LogP contribution in [0.2, 0.25) is 0 Å². The number of aromatic nitrogens is 5. The zero-order valence-corrected chi connectivity index (χ0v) is 22.4. The molecule has 198 valence electrons. The number of nitrogen functional groups attached to an aromatic ring is 1. The minimum atomic E-state index is -0.248. The standard InChI is InChI=1S/C31H32FN7/c1-5-7-25(21-12-20(13-23(32)14-21)8-6-11-39(3)4)26-16-29(35-19(26)2)31-30-28(37-38-31)10-9-27(36-30)22-15-24(33)18-34-17-22/h5,7,9-10,12-18,35H,1,6,8,11,33H2,2-4H3,(H,37,38)/b25-7-. The highest BCUT2D eigenvalue weighted by molar-refractivity contribution is 5.92. The molecule has 5 rings (SSSR count). The molecule has 0 radical (unpaired) electrons. The maximum Gasteiger partial charge on any atom is 0.135 e. The molecule has 4 N–H and O–H groups in total. The van der Waals surface area contributed by atoms with E-state index in [9.17, 15) is 4.39 Å². The first-order chi connectivity index (χ1) is 18.8. The van der Waals surface area contributed by atoms with Gasteiger partial charge in [0.2, 0.25) is 0 Å².